The molecule has 25 heavy (non-hydrogen) atoms. The first-order valence-corrected chi connectivity index (χ1v) is 9.30. The zero-order valence-electron chi connectivity index (χ0n) is 15.5. The van der Waals surface area contributed by atoms with Crippen molar-refractivity contribution in [2.45, 2.75) is 52.5 Å². The molecular weight excluding hydrogens is 312 g/mol. The van der Waals surface area contributed by atoms with E-state index in [1.165, 1.54) is 0 Å². The van der Waals surface area contributed by atoms with E-state index in [0.717, 1.165) is 56.1 Å². The first-order valence-electron chi connectivity index (χ1n) is 9.30. The van der Waals surface area contributed by atoms with Gasteiger partial charge in [0.15, 0.2) is 0 Å². The van der Waals surface area contributed by atoms with Gasteiger partial charge in [0.05, 0.1) is 5.92 Å². The van der Waals surface area contributed by atoms with Gasteiger partial charge in [-0.1, -0.05) is 37.3 Å². The largest absolute Gasteiger partial charge is 0.342 e. The van der Waals surface area contributed by atoms with Crippen molar-refractivity contribution in [1.29, 1.82) is 0 Å². The predicted octanol–water partition coefficient (Wildman–Crippen LogP) is 3.33. The molecule has 0 saturated carbocycles. The van der Waals surface area contributed by atoms with Crippen LogP contribution in [-0.4, -0.2) is 38.7 Å². The third kappa shape index (κ3) is 4.09. The van der Waals surface area contributed by atoms with Crippen LogP contribution in [0.4, 0.5) is 0 Å². The zero-order chi connectivity index (χ0) is 17.8. The molecule has 1 aliphatic heterocycles. The number of hydrogen-bond acceptors (Lipinski definition) is 3. The standard InChI is InChI=1S/C20H28N4O/c1-4-19(18-10-6-5-7-11-18)20(25)23-12-8-9-17(13-23)14-24-16(3)21-15(2)22-24/h5-7,10-11,17,19H,4,8-9,12-14H2,1-3H3/t17-,19-/m0/s1. The Morgan fingerprint density at radius 1 is 1.28 bits per heavy atom. The van der Waals surface area contributed by atoms with Gasteiger partial charge in [-0.05, 0) is 44.6 Å². The molecule has 2 atom stereocenters. The van der Waals surface area contributed by atoms with E-state index in [0.29, 0.717) is 5.92 Å². The van der Waals surface area contributed by atoms with E-state index in [1.807, 2.05) is 36.7 Å². The number of carbonyl (C=O) groups excluding carboxylic acids is 1. The Morgan fingerprint density at radius 2 is 2.04 bits per heavy atom. The third-order valence-corrected chi connectivity index (χ3v) is 5.13. The first-order chi connectivity index (χ1) is 12.1. The smallest absolute Gasteiger partial charge is 0.230 e. The summed E-state index contributed by atoms with van der Waals surface area (Å²) >= 11 is 0. The van der Waals surface area contributed by atoms with Crippen molar-refractivity contribution in [3.8, 4) is 0 Å². The normalized spacial score (nSPS) is 19.0. The molecule has 2 aromatic rings. The highest BCUT2D eigenvalue weighted by molar-refractivity contribution is 5.83. The van der Waals surface area contributed by atoms with Gasteiger partial charge in [-0.15, -0.1) is 0 Å². The SMILES string of the molecule is CC[C@H](C(=O)N1CCC[C@H](Cn2nc(C)nc2C)C1)c1ccccc1. The summed E-state index contributed by atoms with van der Waals surface area (Å²) in [5.41, 5.74) is 1.12. The average molecular weight is 340 g/mol. The Kier molecular flexibility index (Phi) is 5.51. The molecule has 0 N–H and O–H groups in total. The van der Waals surface area contributed by atoms with Crippen LogP contribution in [0.5, 0.6) is 0 Å². The molecular formula is C20H28N4O. The highest BCUT2D eigenvalue weighted by atomic mass is 16.2. The summed E-state index contributed by atoms with van der Waals surface area (Å²) in [6.45, 7) is 8.55. The van der Waals surface area contributed by atoms with Gasteiger partial charge in [0.1, 0.15) is 11.6 Å². The number of hydrogen-bond donors (Lipinski definition) is 0. The number of piperidine rings is 1. The Hall–Kier alpha value is -2.17. The molecule has 1 aromatic heterocycles. The highest BCUT2D eigenvalue weighted by Gasteiger charge is 2.29. The summed E-state index contributed by atoms with van der Waals surface area (Å²) in [5.74, 6) is 2.46. The number of amides is 1. The number of benzene rings is 1. The minimum absolute atomic E-state index is 0.0321. The number of likely N-dealkylation sites (tertiary alicyclic amines) is 1. The van der Waals surface area contributed by atoms with Crippen LogP contribution in [0.3, 0.4) is 0 Å². The number of aryl methyl sites for hydroxylation is 2. The maximum Gasteiger partial charge on any atom is 0.230 e. The summed E-state index contributed by atoms with van der Waals surface area (Å²) in [6, 6.07) is 10.2. The number of carbonyl (C=O) groups is 1. The molecule has 1 aliphatic rings. The van der Waals surface area contributed by atoms with Crippen molar-refractivity contribution in [2.24, 2.45) is 5.92 Å². The van der Waals surface area contributed by atoms with Gasteiger partial charge in [0.2, 0.25) is 5.91 Å². The van der Waals surface area contributed by atoms with Crippen LogP contribution in [0.15, 0.2) is 30.3 Å². The van der Waals surface area contributed by atoms with Gasteiger partial charge in [0.25, 0.3) is 0 Å². The zero-order valence-corrected chi connectivity index (χ0v) is 15.5. The van der Waals surface area contributed by atoms with Gasteiger partial charge >= 0.3 is 0 Å². The van der Waals surface area contributed by atoms with Crippen LogP contribution in [0.25, 0.3) is 0 Å². The van der Waals surface area contributed by atoms with Gasteiger partial charge in [0, 0.05) is 19.6 Å². The van der Waals surface area contributed by atoms with Crippen molar-refractivity contribution in [1.82, 2.24) is 19.7 Å². The van der Waals surface area contributed by atoms with E-state index in [2.05, 4.69) is 34.0 Å². The molecule has 5 nitrogen and oxygen atoms in total. The van der Waals surface area contributed by atoms with Gasteiger partial charge in [-0.2, -0.15) is 5.10 Å². The lowest BCUT2D eigenvalue weighted by molar-refractivity contribution is -0.134. The minimum atomic E-state index is -0.0321. The molecule has 0 spiro atoms. The number of nitrogens with zero attached hydrogens (tertiary/aromatic N) is 4. The van der Waals surface area contributed by atoms with Crippen LogP contribution >= 0.6 is 0 Å². The summed E-state index contributed by atoms with van der Waals surface area (Å²) in [5, 5.41) is 4.48. The van der Waals surface area contributed by atoms with E-state index in [4.69, 9.17) is 0 Å². The monoisotopic (exact) mass is 340 g/mol. The topological polar surface area (TPSA) is 51.0 Å². The minimum Gasteiger partial charge on any atom is -0.342 e. The van der Waals surface area contributed by atoms with E-state index in [1.54, 1.807) is 0 Å². The van der Waals surface area contributed by atoms with Crippen LogP contribution in [0.1, 0.15) is 49.3 Å². The second kappa shape index (κ2) is 7.81. The van der Waals surface area contributed by atoms with Gasteiger partial charge in [-0.3, -0.25) is 4.79 Å². The lowest BCUT2D eigenvalue weighted by Gasteiger charge is -2.35. The molecule has 0 aliphatic carbocycles. The van der Waals surface area contributed by atoms with Crippen molar-refractivity contribution in [2.75, 3.05) is 13.1 Å². The molecule has 1 fully saturated rings. The van der Waals surface area contributed by atoms with Crippen molar-refractivity contribution >= 4 is 5.91 Å². The Balaban J connectivity index is 1.67. The summed E-state index contributed by atoms with van der Waals surface area (Å²) < 4.78 is 1.99. The lowest BCUT2D eigenvalue weighted by Crippen LogP contribution is -2.43. The Morgan fingerprint density at radius 3 is 2.68 bits per heavy atom. The average Bonchev–Trinajstić information content (AvgIpc) is 2.94. The van der Waals surface area contributed by atoms with Crippen LogP contribution < -0.4 is 0 Å². The maximum absolute atomic E-state index is 13.1. The molecule has 1 amide bonds. The highest BCUT2D eigenvalue weighted by Crippen LogP contribution is 2.26. The fraction of sp³-hybridized carbons (Fsp3) is 0.550. The third-order valence-electron chi connectivity index (χ3n) is 5.13. The van der Waals surface area contributed by atoms with Gasteiger partial charge < -0.3 is 4.90 Å². The van der Waals surface area contributed by atoms with Crippen LogP contribution in [-0.2, 0) is 11.3 Å². The molecule has 1 aromatic carbocycles. The van der Waals surface area contributed by atoms with E-state index >= 15 is 0 Å². The molecule has 5 heteroatoms. The van der Waals surface area contributed by atoms with Crippen molar-refractivity contribution < 1.29 is 4.79 Å². The van der Waals surface area contributed by atoms with Crippen LogP contribution in [0, 0.1) is 19.8 Å². The molecule has 0 radical (unpaired) electrons. The fourth-order valence-electron chi connectivity index (χ4n) is 3.85. The lowest BCUT2D eigenvalue weighted by atomic mass is 9.92. The molecule has 134 valence electrons. The first kappa shape index (κ1) is 17.6. The Bertz CT molecular complexity index is 710. The van der Waals surface area contributed by atoms with Crippen molar-refractivity contribution in [3.63, 3.8) is 0 Å². The molecule has 1 saturated heterocycles. The second-order valence-electron chi connectivity index (χ2n) is 7.05. The van der Waals surface area contributed by atoms with Gasteiger partial charge in [-0.25, -0.2) is 9.67 Å². The summed E-state index contributed by atoms with van der Waals surface area (Å²) in [6.07, 6.45) is 3.05. The quantitative estimate of drug-likeness (QED) is 0.839. The summed E-state index contributed by atoms with van der Waals surface area (Å²) in [7, 11) is 0. The predicted molar refractivity (Wildman–Crippen MR) is 98.3 cm³/mol. The van der Waals surface area contributed by atoms with Crippen molar-refractivity contribution in [3.05, 3.63) is 47.5 Å². The molecule has 3 rings (SSSR count). The molecule has 0 unspecified atom stereocenters. The number of rotatable bonds is 5. The number of aromatic nitrogens is 3. The summed E-state index contributed by atoms with van der Waals surface area (Å²) in [4.78, 5) is 19.5. The van der Waals surface area contributed by atoms with Crippen LogP contribution in [0.2, 0.25) is 0 Å². The molecule has 2 heterocycles. The van der Waals surface area contributed by atoms with E-state index in [-0.39, 0.29) is 11.8 Å². The molecule has 0 bridgehead atoms. The second-order valence-corrected chi connectivity index (χ2v) is 7.05. The van der Waals surface area contributed by atoms with E-state index in [9.17, 15) is 4.79 Å². The fourth-order valence-corrected chi connectivity index (χ4v) is 3.85. The van der Waals surface area contributed by atoms with E-state index < -0.39 is 0 Å². The maximum atomic E-state index is 13.1. The Labute approximate surface area is 150 Å².